The third-order valence-corrected chi connectivity index (χ3v) is 2.70. The lowest BCUT2D eigenvalue weighted by Gasteiger charge is -2.09. The van der Waals surface area contributed by atoms with E-state index >= 15 is 0 Å². The van der Waals surface area contributed by atoms with Gasteiger partial charge in [-0.2, -0.15) is 0 Å². The van der Waals surface area contributed by atoms with E-state index in [9.17, 15) is 9.18 Å². The number of halogens is 2. The summed E-state index contributed by atoms with van der Waals surface area (Å²) in [6.07, 6.45) is 0.132. The van der Waals surface area contributed by atoms with E-state index in [2.05, 4.69) is 21.2 Å². The molecule has 0 aliphatic heterocycles. The summed E-state index contributed by atoms with van der Waals surface area (Å²) in [5.41, 5.74) is 0.287. The van der Waals surface area contributed by atoms with E-state index in [4.69, 9.17) is 4.74 Å². The van der Waals surface area contributed by atoms with E-state index in [0.717, 1.165) is 0 Å². The zero-order chi connectivity index (χ0) is 12.8. The molecule has 0 saturated carbocycles. The molecule has 0 aliphatic carbocycles. The number of nitrogens with one attached hydrogen (secondary N) is 1. The zero-order valence-corrected chi connectivity index (χ0v) is 11.4. The summed E-state index contributed by atoms with van der Waals surface area (Å²) in [4.78, 5) is 11.7. The minimum absolute atomic E-state index is 0.132. The fourth-order valence-corrected chi connectivity index (χ4v) is 1.65. The van der Waals surface area contributed by atoms with Crippen LogP contribution < -0.4 is 5.32 Å². The zero-order valence-electron chi connectivity index (χ0n) is 9.80. The number of ether oxygens (including phenoxy) is 1. The lowest BCUT2D eigenvalue weighted by molar-refractivity contribution is 0.0746. The number of carbonyl (C=O) groups is 1. The molecule has 0 aromatic heterocycles. The van der Waals surface area contributed by atoms with Crippen molar-refractivity contribution in [1.29, 1.82) is 0 Å². The van der Waals surface area contributed by atoms with Crippen molar-refractivity contribution >= 4 is 21.8 Å². The summed E-state index contributed by atoms with van der Waals surface area (Å²) in [6, 6.07) is 4.00. The second-order valence-corrected chi connectivity index (χ2v) is 4.65. The lowest BCUT2D eigenvalue weighted by atomic mass is 10.2. The third kappa shape index (κ3) is 4.83. The van der Waals surface area contributed by atoms with E-state index in [1.165, 1.54) is 18.2 Å². The largest absolute Gasteiger partial charge is 0.377 e. The Morgan fingerprint density at radius 1 is 1.53 bits per heavy atom. The number of hydrogen-bond donors (Lipinski definition) is 1. The molecular weight excluding hydrogens is 289 g/mol. The van der Waals surface area contributed by atoms with Crippen molar-refractivity contribution in [3.8, 4) is 0 Å². The van der Waals surface area contributed by atoms with Gasteiger partial charge in [-0.3, -0.25) is 4.79 Å². The van der Waals surface area contributed by atoms with E-state index < -0.39 is 5.82 Å². The van der Waals surface area contributed by atoms with Gasteiger partial charge in [0.05, 0.1) is 18.3 Å². The van der Waals surface area contributed by atoms with E-state index in [0.29, 0.717) is 17.6 Å². The van der Waals surface area contributed by atoms with Crippen molar-refractivity contribution in [2.45, 2.75) is 20.0 Å². The molecule has 0 bridgehead atoms. The second kappa shape index (κ2) is 6.71. The predicted octanol–water partition coefficient (Wildman–Crippen LogP) is 2.74. The molecule has 0 unspecified atom stereocenters. The maximum atomic E-state index is 13.0. The first-order valence-corrected chi connectivity index (χ1v) is 6.15. The molecule has 0 radical (unpaired) electrons. The maximum absolute atomic E-state index is 13.0. The fraction of sp³-hybridized carbons (Fsp3) is 0.417. The minimum Gasteiger partial charge on any atom is -0.377 e. The van der Waals surface area contributed by atoms with E-state index in [1.54, 1.807) is 0 Å². The third-order valence-electron chi connectivity index (χ3n) is 2.01. The summed E-state index contributed by atoms with van der Waals surface area (Å²) < 4.78 is 18.8. The van der Waals surface area contributed by atoms with Gasteiger partial charge in [0.2, 0.25) is 0 Å². The summed E-state index contributed by atoms with van der Waals surface area (Å²) >= 11 is 3.20. The Balaban J connectivity index is 2.49. The highest BCUT2D eigenvalue weighted by molar-refractivity contribution is 9.10. The van der Waals surface area contributed by atoms with Gasteiger partial charge in [0, 0.05) is 11.0 Å². The van der Waals surface area contributed by atoms with Crippen molar-refractivity contribution in [2.75, 3.05) is 13.2 Å². The summed E-state index contributed by atoms with van der Waals surface area (Å²) in [5, 5.41) is 2.66. The maximum Gasteiger partial charge on any atom is 0.252 e. The Hall–Kier alpha value is -0.940. The monoisotopic (exact) mass is 303 g/mol. The SMILES string of the molecule is CC(C)OCCNC(=O)c1cc(F)ccc1Br. The molecule has 0 heterocycles. The van der Waals surface area contributed by atoms with Gasteiger partial charge in [0.1, 0.15) is 5.82 Å². The van der Waals surface area contributed by atoms with Crippen molar-refractivity contribution < 1.29 is 13.9 Å². The van der Waals surface area contributed by atoms with Crippen LogP contribution in [-0.2, 0) is 4.74 Å². The molecule has 1 aromatic carbocycles. The Labute approximate surface area is 108 Å². The van der Waals surface area contributed by atoms with E-state index in [1.807, 2.05) is 13.8 Å². The number of rotatable bonds is 5. The Bertz CT molecular complexity index is 396. The van der Waals surface area contributed by atoms with Crippen molar-refractivity contribution in [3.63, 3.8) is 0 Å². The molecule has 17 heavy (non-hydrogen) atoms. The predicted molar refractivity (Wildman–Crippen MR) is 67.5 cm³/mol. The van der Waals surface area contributed by atoms with Gasteiger partial charge >= 0.3 is 0 Å². The fourth-order valence-electron chi connectivity index (χ4n) is 1.23. The standard InChI is InChI=1S/C12H15BrFNO2/c1-8(2)17-6-5-15-12(16)10-7-9(14)3-4-11(10)13/h3-4,7-8H,5-6H2,1-2H3,(H,15,16). The molecule has 0 saturated heterocycles. The van der Waals surface area contributed by atoms with Crippen LogP contribution in [0.1, 0.15) is 24.2 Å². The van der Waals surface area contributed by atoms with Gasteiger partial charge in [-0.1, -0.05) is 0 Å². The molecule has 0 fully saturated rings. The molecule has 0 spiro atoms. The molecule has 5 heteroatoms. The Kier molecular flexibility index (Phi) is 5.58. The number of carbonyl (C=O) groups excluding carboxylic acids is 1. The van der Waals surface area contributed by atoms with Gasteiger partial charge in [-0.15, -0.1) is 0 Å². The average Bonchev–Trinajstić information content (AvgIpc) is 2.27. The van der Waals surface area contributed by atoms with Gasteiger partial charge in [-0.25, -0.2) is 4.39 Å². The van der Waals surface area contributed by atoms with Gasteiger partial charge in [0.25, 0.3) is 5.91 Å². The molecule has 3 nitrogen and oxygen atoms in total. The number of amides is 1. The molecule has 0 aliphatic rings. The highest BCUT2D eigenvalue weighted by Gasteiger charge is 2.10. The first kappa shape index (κ1) is 14.1. The van der Waals surface area contributed by atoms with E-state index in [-0.39, 0.29) is 17.6 Å². The lowest BCUT2D eigenvalue weighted by Crippen LogP contribution is -2.28. The van der Waals surface area contributed by atoms with Crippen molar-refractivity contribution in [2.24, 2.45) is 0 Å². The first-order valence-electron chi connectivity index (χ1n) is 5.35. The van der Waals surface area contributed by atoms with Gasteiger partial charge in [-0.05, 0) is 48.0 Å². The molecule has 94 valence electrons. The van der Waals surface area contributed by atoms with Crippen LogP contribution in [0.5, 0.6) is 0 Å². The number of benzene rings is 1. The highest BCUT2D eigenvalue weighted by atomic mass is 79.9. The molecular formula is C12H15BrFNO2. The molecule has 1 N–H and O–H groups in total. The summed E-state index contributed by atoms with van der Waals surface area (Å²) in [5.74, 6) is -0.750. The van der Waals surface area contributed by atoms with Crippen molar-refractivity contribution in [3.05, 3.63) is 34.1 Å². The van der Waals surface area contributed by atoms with Crippen molar-refractivity contribution in [1.82, 2.24) is 5.32 Å². The van der Waals surface area contributed by atoms with Gasteiger partial charge < -0.3 is 10.1 Å². The Morgan fingerprint density at radius 2 is 2.24 bits per heavy atom. The van der Waals surface area contributed by atoms with Crippen LogP contribution in [0.2, 0.25) is 0 Å². The minimum atomic E-state index is -0.434. The number of hydrogen-bond acceptors (Lipinski definition) is 2. The van der Waals surface area contributed by atoms with Crippen LogP contribution in [0.4, 0.5) is 4.39 Å². The summed E-state index contributed by atoms with van der Waals surface area (Å²) in [6.45, 7) is 4.69. The smallest absolute Gasteiger partial charge is 0.252 e. The molecule has 1 amide bonds. The highest BCUT2D eigenvalue weighted by Crippen LogP contribution is 2.17. The van der Waals surface area contributed by atoms with Crippen LogP contribution in [0.3, 0.4) is 0 Å². The van der Waals surface area contributed by atoms with Crippen LogP contribution >= 0.6 is 15.9 Å². The average molecular weight is 304 g/mol. The van der Waals surface area contributed by atoms with Crippen LogP contribution in [-0.4, -0.2) is 25.2 Å². The quantitative estimate of drug-likeness (QED) is 0.850. The van der Waals surface area contributed by atoms with Crippen LogP contribution in [0.25, 0.3) is 0 Å². The van der Waals surface area contributed by atoms with Gasteiger partial charge in [0.15, 0.2) is 0 Å². The summed E-state index contributed by atoms with van der Waals surface area (Å²) in [7, 11) is 0. The molecule has 0 atom stereocenters. The molecule has 1 aromatic rings. The molecule has 1 rings (SSSR count). The van der Waals surface area contributed by atoms with Crippen LogP contribution in [0.15, 0.2) is 22.7 Å². The normalized spacial score (nSPS) is 10.6. The van der Waals surface area contributed by atoms with Crippen LogP contribution in [0, 0.1) is 5.82 Å². The first-order chi connectivity index (χ1) is 8.00. The second-order valence-electron chi connectivity index (χ2n) is 3.80. The topological polar surface area (TPSA) is 38.3 Å². The Morgan fingerprint density at radius 3 is 2.88 bits per heavy atom.